The fourth-order valence-electron chi connectivity index (χ4n) is 3.69. The van der Waals surface area contributed by atoms with Crippen molar-refractivity contribution >= 4 is 29.9 Å². The molecule has 0 bridgehead atoms. The maximum atomic E-state index is 5.48. The van der Waals surface area contributed by atoms with E-state index in [-0.39, 0.29) is 24.0 Å². The van der Waals surface area contributed by atoms with Gasteiger partial charge in [-0.15, -0.1) is 24.0 Å². The molecule has 176 valence electrons. The van der Waals surface area contributed by atoms with Gasteiger partial charge in [0, 0.05) is 39.3 Å². The normalized spacial score (nSPS) is 14.8. The lowest BCUT2D eigenvalue weighted by Gasteiger charge is -2.27. The number of hydrogen-bond acceptors (Lipinski definition) is 4. The zero-order valence-electron chi connectivity index (χ0n) is 19.6. The largest absolute Gasteiger partial charge is 0.379 e. The Morgan fingerprint density at radius 3 is 2.28 bits per heavy atom. The van der Waals surface area contributed by atoms with Crippen LogP contribution in [0.15, 0.2) is 53.5 Å². The minimum atomic E-state index is 0. The Morgan fingerprint density at radius 2 is 1.62 bits per heavy atom. The lowest BCUT2D eigenvalue weighted by atomic mass is 10.1. The van der Waals surface area contributed by atoms with Crippen LogP contribution in [0.3, 0.4) is 0 Å². The highest BCUT2D eigenvalue weighted by atomic mass is 127. The highest BCUT2D eigenvalue weighted by molar-refractivity contribution is 14.0. The Kier molecular flexibility index (Phi) is 12.0. The molecule has 2 N–H and O–H groups in total. The second-order valence-electron chi connectivity index (χ2n) is 8.26. The van der Waals surface area contributed by atoms with E-state index in [4.69, 9.17) is 9.73 Å². The molecule has 1 aliphatic heterocycles. The number of benzene rings is 2. The molecule has 2 aromatic rings. The number of nitrogens with one attached hydrogen (secondary N) is 2. The molecule has 3 rings (SSSR count). The van der Waals surface area contributed by atoms with E-state index in [2.05, 4.69) is 90.0 Å². The Hall–Kier alpha value is -1.68. The van der Waals surface area contributed by atoms with Crippen molar-refractivity contribution in [3.8, 4) is 0 Å². The van der Waals surface area contributed by atoms with Crippen LogP contribution in [0.25, 0.3) is 0 Å². The lowest BCUT2D eigenvalue weighted by molar-refractivity contribution is 0.0341. The molecule has 0 aliphatic carbocycles. The third kappa shape index (κ3) is 9.05. The van der Waals surface area contributed by atoms with Crippen LogP contribution in [-0.2, 0) is 30.9 Å². The number of morpholine rings is 1. The van der Waals surface area contributed by atoms with Crippen molar-refractivity contribution in [3.63, 3.8) is 0 Å². The molecule has 0 spiro atoms. The van der Waals surface area contributed by atoms with Gasteiger partial charge in [0.15, 0.2) is 5.96 Å². The maximum absolute atomic E-state index is 5.48. The van der Waals surface area contributed by atoms with Gasteiger partial charge in [0.05, 0.1) is 19.8 Å². The van der Waals surface area contributed by atoms with Crippen molar-refractivity contribution in [1.82, 2.24) is 20.4 Å². The first-order valence-corrected chi connectivity index (χ1v) is 11.3. The van der Waals surface area contributed by atoms with E-state index in [1.54, 1.807) is 0 Å². The van der Waals surface area contributed by atoms with Crippen molar-refractivity contribution in [2.24, 2.45) is 4.99 Å². The smallest absolute Gasteiger partial charge is 0.191 e. The summed E-state index contributed by atoms with van der Waals surface area (Å²) in [5.74, 6) is 0.848. The van der Waals surface area contributed by atoms with Gasteiger partial charge in [0.25, 0.3) is 0 Å². The van der Waals surface area contributed by atoms with E-state index in [0.29, 0.717) is 6.54 Å². The van der Waals surface area contributed by atoms with Gasteiger partial charge < -0.3 is 20.3 Å². The van der Waals surface area contributed by atoms with Gasteiger partial charge >= 0.3 is 0 Å². The van der Waals surface area contributed by atoms with Crippen LogP contribution in [0, 0.1) is 0 Å². The molecule has 1 heterocycles. The molecule has 0 aromatic heterocycles. The fraction of sp³-hybridized carbons (Fsp3) is 0.480. The van der Waals surface area contributed by atoms with Gasteiger partial charge in [-0.05, 0) is 43.3 Å². The van der Waals surface area contributed by atoms with E-state index < -0.39 is 0 Å². The van der Waals surface area contributed by atoms with Gasteiger partial charge in [-0.25, -0.2) is 4.99 Å². The number of halogens is 1. The molecule has 1 aliphatic rings. The van der Waals surface area contributed by atoms with Crippen molar-refractivity contribution in [2.75, 3.05) is 46.9 Å². The first kappa shape index (κ1) is 26.6. The minimum absolute atomic E-state index is 0. The minimum Gasteiger partial charge on any atom is -0.379 e. The summed E-state index contributed by atoms with van der Waals surface area (Å²) in [5, 5.41) is 6.88. The molecule has 1 saturated heterocycles. The van der Waals surface area contributed by atoms with E-state index in [9.17, 15) is 0 Å². The number of hydrogen-bond donors (Lipinski definition) is 2. The van der Waals surface area contributed by atoms with Gasteiger partial charge in [-0.1, -0.05) is 48.5 Å². The summed E-state index contributed by atoms with van der Waals surface area (Å²) in [6.07, 6.45) is 0. The van der Waals surface area contributed by atoms with E-state index in [1.165, 1.54) is 22.3 Å². The molecule has 0 atom stereocenters. The van der Waals surface area contributed by atoms with Crippen LogP contribution in [0.4, 0.5) is 0 Å². The third-order valence-corrected chi connectivity index (χ3v) is 5.35. The molecule has 0 radical (unpaired) electrons. The van der Waals surface area contributed by atoms with E-state index >= 15 is 0 Å². The number of ether oxygens (including phenoxy) is 1. The van der Waals surface area contributed by atoms with E-state index in [1.807, 2.05) is 0 Å². The highest BCUT2D eigenvalue weighted by Gasteiger charge is 2.12. The molecular formula is C25H38IN5O. The van der Waals surface area contributed by atoms with Crippen LogP contribution >= 0.6 is 24.0 Å². The second-order valence-corrected chi connectivity index (χ2v) is 8.26. The standard InChI is InChI=1S/C25H37N5O.HI/c1-4-26-25(27-17-21-9-11-22(12-10-21)19-29(2)3)28-18-23-7-5-6-8-24(23)20-30-13-15-31-16-14-30;/h5-12H,4,13-20H2,1-3H3,(H2,26,27,28);1H. The summed E-state index contributed by atoms with van der Waals surface area (Å²) in [6, 6.07) is 17.4. The first-order valence-electron chi connectivity index (χ1n) is 11.3. The fourth-order valence-corrected chi connectivity index (χ4v) is 3.69. The van der Waals surface area contributed by atoms with Crippen molar-refractivity contribution < 1.29 is 4.74 Å². The Bertz CT molecular complexity index is 819. The van der Waals surface area contributed by atoms with Crippen LogP contribution in [0.5, 0.6) is 0 Å². The predicted molar refractivity (Wildman–Crippen MR) is 143 cm³/mol. The summed E-state index contributed by atoms with van der Waals surface area (Å²) >= 11 is 0. The summed E-state index contributed by atoms with van der Waals surface area (Å²) in [6.45, 7) is 9.93. The van der Waals surface area contributed by atoms with Gasteiger partial charge in [-0.2, -0.15) is 0 Å². The second kappa shape index (κ2) is 14.5. The zero-order valence-corrected chi connectivity index (χ0v) is 22.0. The average Bonchev–Trinajstić information content (AvgIpc) is 2.78. The Labute approximate surface area is 210 Å². The highest BCUT2D eigenvalue weighted by Crippen LogP contribution is 2.13. The summed E-state index contributed by atoms with van der Waals surface area (Å²) in [4.78, 5) is 9.43. The third-order valence-electron chi connectivity index (χ3n) is 5.35. The quantitative estimate of drug-likeness (QED) is 0.284. The van der Waals surface area contributed by atoms with Gasteiger partial charge in [0.2, 0.25) is 0 Å². The molecular weight excluding hydrogens is 513 g/mol. The lowest BCUT2D eigenvalue weighted by Crippen LogP contribution is -2.38. The molecule has 0 saturated carbocycles. The van der Waals surface area contributed by atoms with Crippen LogP contribution in [0.2, 0.25) is 0 Å². The SMILES string of the molecule is CCNC(=NCc1ccc(CN(C)C)cc1)NCc1ccccc1CN1CCOCC1.I. The van der Waals surface area contributed by atoms with Crippen molar-refractivity contribution in [2.45, 2.75) is 33.1 Å². The average molecular weight is 552 g/mol. The predicted octanol–water partition coefficient (Wildman–Crippen LogP) is 3.45. The topological polar surface area (TPSA) is 52.1 Å². The maximum Gasteiger partial charge on any atom is 0.191 e. The van der Waals surface area contributed by atoms with Crippen LogP contribution in [-0.4, -0.2) is 62.7 Å². The molecule has 32 heavy (non-hydrogen) atoms. The zero-order chi connectivity index (χ0) is 21.9. The number of guanidine groups is 1. The molecule has 0 unspecified atom stereocenters. The van der Waals surface area contributed by atoms with Crippen molar-refractivity contribution in [3.05, 3.63) is 70.8 Å². The number of nitrogens with zero attached hydrogens (tertiary/aromatic N) is 3. The van der Waals surface area contributed by atoms with Gasteiger partial charge in [-0.3, -0.25) is 4.90 Å². The molecule has 1 fully saturated rings. The van der Waals surface area contributed by atoms with Crippen molar-refractivity contribution in [1.29, 1.82) is 0 Å². The Balaban J connectivity index is 0.00000363. The first-order chi connectivity index (χ1) is 15.1. The molecule has 2 aromatic carbocycles. The monoisotopic (exact) mass is 551 g/mol. The summed E-state index contributed by atoms with van der Waals surface area (Å²) in [7, 11) is 4.18. The van der Waals surface area contributed by atoms with Crippen LogP contribution < -0.4 is 10.6 Å². The van der Waals surface area contributed by atoms with E-state index in [0.717, 1.165) is 58.4 Å². The number of aliphatic imine (C=N–C) groups is 1. The number of rotatable bonds is 9. The molecule has 0 amide bonds. The molecule has 6 nitrogen and oxygen atoms in total. The Morgan fingerprint density at radius 1 is 0.969 bits per heavy atom. The van der Waals surface area contributed by atoms with Gasteiger partial charge in [0.1, 0.15) is 0 Å². The molecule has 7 heteroatoms. The summed E-state index contributed by atoms with van der Waals surface area (Å²) < 4.78 is 5.48. The van der Waals surface area contributed by atoms with Crippen LogP contribution in [0.1, 0.15) is 29.2 Å². The summed E-state index contributed by atoms with van der Waals surface area (Å²) in [5.41, 5.74) is 5.21.